The Balaban J connectivity index is 1.26. The summed E-state index contributed by atoms with van der Waals surface area (Å²) in [6.07, 6.45) is 0.348. The van der Waals surface area contributed by atoms with Crippen molar-refractivity contribution in [2.24, 2.45) is 10.8 Å². The number of nitrogens with zero attached hydrogens (tertiary/aromatic N) is 3. The second kappa shape index (κ2) is 6.59. The highest BCUT2D eigenvalue weighted by molar-refractivity contribution is 6.22. The van der Waals surface area contributed by atoms with Crippen molar-refractivity contribution in [1.29, 1.82) is 0 Å². The lowest BCUT2D eigenvalue weighted by molar-refractivity contribution is -0.197. The van der Waals surface area contributed by atoms with Gasteiger partial charge in [0.05, 0.1) is 28.6 Å². The topological polar surface area (TPSA) is 60.9 Å². The normalized spacial score (nSPS) is 38.1. The van der Waals surface area contributed by atoms with Crippen LogP contribution >= 0.6 is 0 Å². The molecule has 5 saturated heterocycles. The van der Waals surface area contributed by atoms with Gasteiger partial charge in [-0.15, -0.1) is 0 Å². The van der Waals surface area contributed by atoms with Gasteiger partial charge in [0.1, 0.15) is 5.78 Å². The van der Waals surface area contributed by atoms with Crippen LogP contribution in [0.15, 0.2) is 54.6 Å². The standard InChI is InChI=1S/C26H27N3O3/c1-25-13-27-15-26(2,24(25)32)16-28(14-25)22(27)18-8-10-19(11-9-18)29-21(30)12-20(23(29)31)17-6-4-3-5-7-17/h3-11,20,22H,12-16H2,1-2H3. The smallest absolute Gasteiger partial charge is 0.241 e. The van der Waals surface area contributed by atoms with Crippen molar-refractivity contribution in [2.75, 3.05) is 31.1 Å². The van der Waals surface area contributed by atoms with E-state index in [0.29, 0.717) is 11.5 Å². The lowest BCUT2D eigenvalue weighted by atomic mass is 9.62. The van der Waals surface area contributed by atoms with Crippen molar-refractivity contribution in [3.05, 3.63) is 65.7 Å². The van der Waals surface area contributed by atoms with Crippen LogP contribution in [0.5, 0.6) is 0 Å². The Bertz CT molecular complexity index is 1090. The predicted octanol–water partition coefficient (Wildman–Crippen LogP) is 2.96. The summed E-state index contributed by atoms with van der Waals surface area (Å²) in [4.78, 5) is 44.9. The molecular formula is C26H27N3O3. The van der Waals surface area contributed by atoms with E-state index >= 15 is 0 Å². The highest BCUT2D eigenvalue weighted by Crippen LogP contribution is 2.52. The molecule has 5 fully saturated rings. The van der Waals surface area contributed by atoms with Gasteiger partial charge in [0, 0.05) is 32.6 Å². The summed E-state index contributed by atoms with van der Waals surface area (Å²) in [5, 5.41) is 0. The number of ketones is 1. The van der Waals surface area contributed by atoms with E-state index in [2.05, 4.69) is 23.6 Å². The molecule has 2 aromatic rings. The Hall–Kier alpha value is -2.83. The molecule has 6 nitrogen and oxygen atoms in total. The number of carbonyl (C=O) groups is 3. The molecule has 32 heavy (non-hydrogen) atoms. The fraction of sp³-hybridized carbons (Fsp3) is 0.423. The van der Waals surface area contributed by atoms with E-state index in [-0.39, 0.29) is 35.2 Å². The van der Waals surface area contributed by atoms with Gasteiger partial charge in [0.15, 0.2) is 0 Å². The van der Waals surface area contributed by atoms with E-state index < -0.39 is 5.92 Å². The summed E-state index contributed by atoms with van der Waals surface area (Å²) < 4.78 is 0. The second-order valence-electron chi connectivity index (χ2n) is 10.5. The molecule has 7 rings (SSSR count). The summed E-state index contributed by atoms with van der Waals surface area (Å²) in [6.45, 7) is 7.33. The second-order valence-corrected chi connectivity index (χ2v) is 10.5. The number of rotatable bonds is 3. The average Bonchev–Trinajstić information content (AvgIpc) is 3.06. The molecule has 2 aromatic carbocycles. The van der Waals surface area contributed by atoms with Crippen LogP contribution in [0.3, 0.4) is 0 Å². The van der Waals surface area contributed by atoms with Crippen molar-refractivity contribution >= 4 is 23.3 Å². The van der Waals surface area contributed by atoms with E-state index in [1.165, 1.54) is 4.90 Å². The largest absolute Gasteiger partial charge is 0.298 e. The highest BCUT2D eigenvalue weighted by atomic mass is 16.2. The zero-order chi connectivity index (χ0) is 22.3. The molecule has 6 heteroatoms. The van der Waals surface area contributed by atoms with Crippen molar-refractivity contribution in [2.45, 2.75) is 32.4 Å². The number of Topliss-reactive ketones (excluding diaryl/α,β-unsaturated/α-hetero) is 1. The summed E-state index contributed by atoms with van der Waals surface area (Å²) in [6, 6.07) is 17.4. The predicted molar refractivity (Wildman–Crippen MR) is 120 cm³/mol. The Kier molecular flexibility index (Phi) is 4.08. The van der Waals surface area contributed by atoms with Gasteiger partial charge in [0.25, 0.3) is 0 Å². The molecule has 1 atom stereocenters. The van der Waals surface area contributed by atoms with Crippen molar-refractivity contribution in [3.63, 3.8) is 0 Å². The number of carbonyl (C=O) groups excluding carboxylic acids is 3. The molecule has 2 amide bonds. The Labute approximate surface area is 187 Å². The fourth-order valence-corrected chi connectivity index (χ4v) is 6.66. The Morgan fingerprint density at radius 1 is 0.750 bits per heavy atom. The van der Waals surface area contributed by atoms with Crippen LogP contribution in [0.2, 0.25) is 0 Å². The van der Waals surface area contributed by atoms with Gasteiger partial charge >= 0.3 is 0 Å². The van der Waals surface area contributed by atoms with Crippen LogP contribution in [0, 0.1) is 10.8 Å². The molecule has 5 aliphatic heterocycles. The summed E-state index contributed by atoms with van der Waals surface area (Å²) in [5.41, 5.74) is 2.08. The molecule has 0 N–H and O–H groups in total. The third-order valence-corrected chi connectivity index (χ3v) is 7.79. The number of amides is 2. The van der Waals surface area contributed by atoms with Crippen molar-refractivity contribution in [3.8, 4) is 0 Å². The third-order valence-electron chi connectivity index (χ3n) is 7.79. The van der Waals surface area contributed by atoms with E-state index in [4.69, 9.17) is 0 Å². The molecule has 0 aliphatic carbocycles. The minimum atomic E-state index is -0.413. The van der Waals surface area contributed by atoms with Crippen LogP contribution in [0.1, 0.15) is 43.5 Å². The first-order chi connectivity index (χ1) is 15.3. The summed E-state index contributed by atoms with van der Waals surface area (Å²) >= 11 is 0. The molecule has 0 saturated carbocycles. The molecule has 164 valence electrons. The minimum Gasteiger partial charge on any atom is -0.298 e. The van der Waals surface area contributed by atoms with Crippen molar-refractivity contribution in [1.82, 2.24) is 9.80 Å². The van der Waals surface area contributed by atoms with Gasteiger partial charge < -0.3 is 0 Å². The molecular weight excluding hydrogens is 402 g/mol. The van der Waals surface area contributed by atoms with E-state index in [1.54, 1.807) is 0 Å². The summed E-state index contributed by atoms with van der Waals surface area (Å²) in [7, 11) is 0. The average molecular weight is 430 g/mol. The quantitative estimate of drug-likeness (QED) is 0.702. The van der Waals surface area contributed by atoms with Gasteiger partial charge in [-0.05, 0) is 23.3 Å². The maximum atomic E-state index is 13.1. The summed E-state index contributed by atoms with van der Waals surface area (Å²) in [5.74, 6) is -0.317. The monoisotopic (exact) mass is 429 g/mol. The van der Waals surface area contributed by atoms with Crippen molar-refractivity contribution < 1.29 is 14.4 Å². The molecule has 0 spiro atoms. The Morgan fingerprint density at radius 2 is 1.31 bits per heavy atom. The molecule has 4 bridgehead atoms. The first kappa shape index (κ1) is 19.8. The zero-order valence-corrected chi connectivity index (χ0v) is 18.5. The van der Waals surface area contributed by atoms with Crippen LogP contribution < -0.4 is 4.90 Å². The van der Waals surface area contributed by atoms with E-state index in [9.17, 15) is 14.4 Å². The fourth-order valence-electron chi connectivity index (χ4n) is 6.66. The first-order valence-corrected chi connectivity index (χ1v) is 11.3. The van der Waals surface area contributed by atoms with Gasteiger partial charge in [-0.25, -0.2) is 0 Å². The van der Waals surface area contributed by atoms with Crippen LogP contribution in [0.4, 0.5) is 5.69 Å². The molecule has 0 radical (unpaired) electrons. The van der Waals surface area contributed by atoms with Gasteiger partial charge in [0.2, 0.25) is 11.8 Å². The number of hydrogen-bond donors (Lipinski definition) is 0. The highest BCUT2D eigenvalue weighted by Gasteiger charge is 2.62. The number of benzene rings is 2. The number of anilines is 1. The first-order valence-electron chi connectivity index (χ1n) is 11.3. The lowest BCUT2D eigenvalue weighted by Crippen LogP contribution is -2.75. The van der Waals surface area contributed by atoms with Gasteiger partial charge in [-0.2, -0.15) is 0 Å². The van der Waals surface area contributed by atoms with Gasteiger partial charge in [-0.3, -0.25) is 29.1 Å². The molecule has 1 unspecified atom stereocenters. The van der Waals surface area contributed by atoms with Gasteiger partial charge in [-0.1, -0.05) is 56.3 Å². The van der Waals surface area contributed by atoms with Crippen LogP contribution in [0.25, 0.3) is 0 Å². The Morgan fingerprint density at radius 3 is 1.88 bits per heavy atom. The molecule has 5 aliphatic rings. The number of imide groups is 1. The zero-order valence-electron chi connectivity index (χ0n) is 18.5. The minimum absolute atomic E-state index is 0.139. The lowest BCUT2D eigenvalue weighted by Gasteiger charge is -2.64. The van der Waals surface area contributed by atoms with Crippen LogP contribution in [-0.2, 0) is 14.4 Å². The molecule has 0 aromatic heterocycles. The van der Waals surface area contributed by atoms with E-state index in [0.717, 1.165) is 37.3 Å². The van der Waals surface area contributed by atoms with Crippen LogP contribution in [-0.4, -0.2) is 53.6 Å². The maximum absolute atomic E-state index is 13.1. The third kappa shape index (κ3) is 2.69. The SMILES string of the molecule is CC12CN3CC(C)(CN(C1)C3c1ccc(N3C(=O)CC(c4ccccc4)C3=O)cc1)C2=O. The number of hydrogen-bond acceptors (Lipinski definition) is 5. The van der Waals surface area contributed by atoms with E-state index in [1.807, 2.05) is 54.6 Å². The molecule has 5 heterocycles. The number of piperidine rings is 2. The maximum Gasteiger partial charge on any atom is 0.241 e.